The van der Waals surface area contributed by atoms with Crippen LogP contribution in [-0.2, 0) is 12.7 Å². The second-order valence-corrected chi connectivity index (χ2v) is 7.99. The lowest BCUT2D eigenvalue weighted by Crippen LogP contribution is -2.24. The van der Waals surface area contributed by atoms with Crippen LogP contribution in [0.15, 0.2) is 46.6 Å². The molecule has 0 aliphatic heterocycles. The summed E-state index contributed by atoms with van der Waals surface area (Å²) < 4.78 is 51.9. The highest BCUT2D eigenvalue weighted by Crippen LogP contribution is 2.29. The third-order valence-electron chi connectivity index (χ3n) is 4.95. The molecular formula is C22H20ClF4N7O2. The van der Waals surface area contributed by atoms with Crippen LogP contribution < -0.4 is 16.9 Å². The molecule has 0 spiro atoms. The molecule has 0 saturated heterocycles. The summed E-state index contributed by atoms with van der Waals surface area (Å²) in [5.74, 6) is -0.359. The van der Waals surface area contributed by atoms with Crippen molar-refractivity contribution in [2.45, 2.75) is 38.9 Å². The summed E-state index contributed by atoms with van der Waals surface area (Å²) in [4.78, 5) is 35.3. The van der Waals surface area contributed by atoms with E-state index in [4.69, 9.17) is 17.3 Å². The predicted molar refractivity (Wildman–Crippen MR) is 126 cm³/mol. The number of rotatable bonds is 5. The van der Waals surface area contributed by atoms with E-state index in [2.05, 4.69) is 27.0 Å². The van der Waals surface area contributed by atoms with E-state index in [-0.39, 0.29) is 22.3 Å². The first-order chi connectivity index (χ1) is 17.0. The van der Waals surface area contributed by atoms with Gasteiger partial charge in [0.2, 0.25) is 0 Å². The lowest BCUT2D eigenvalue weighted by atomic mass is 10.1. The van der Waals surface area contributed by atoms with E-state index in [1.165, 1.54) is 35.4 Å². The van der Waals surface area contributed by atoms with Crippen molar-refractivity contribution in [3.8, 4) is 11.4 Å². The molecule has 190 valence electrons. The topological polar surface area (TPSA) is 132 Å². The van der Waals surface area contributed by atoms with E-state index in [9.17, 15) is 27.2 Å². The van der Waals surface area contributed by atoms with Crippen molar-refractivity contribution < 1.29 is 17.6 Å². The molecule has 3 heterocycles. The summed E-state index contributed by atoms with van der Waals surface area (Å²) >= 11 is 5.75. The molecule has 9 nitrogen and oxygen atoms in total. The summed E-state index contributed by atoms with van der Waals surface area (Å²) in [5.41, 5.74) is 1.86. The van der Waals surface area contributed by atoms with Gasteiger partial charge in [0.05, 0.1) is 39.7 Å². The lowest BCUT2D eigenvalue weighted by molar-refractivity contribution is -0.138. The van der Waals surface area contributed by atoms with E-state index < -0.39 is 28.8 Å². The minimum Gasteiger partial charge on any atom is -0.397 e. The summed E-state index contributed by atoms with van der Waals surface area (Å²) in [6.07, 6.45) is 3.29. The van der Waals surface area contributed by atoms with Crippen molar-refractivity contribution >= 4 is 28.2 Å². The molecule has 0 atom stereocenters. The Hall–Kier alpha value is -3.87. The Bertz CT molecular complexity index is 1470. The fourth-order valence-corrected chi connectivity index (χ4v) is 3.30. The monoisotopic (exact) mass is 525 g/mol. The van der Waals surface area contributed by atoms with Crippen LogP contribution in [-0.4, -0.2) is 29.7 Å². The van der Waals surface area contributed by atoms with E-state index in [1.807, 2.05) is 0 Å². The van der Waals surface area contributed by atoms with Crippen molar-refractivity contribution in [1.82, 2.24) is 29.7 Å². The Morgan fingerprint density at radius 3 is 2.36 bits per heavy atom. The second-order valence-electron chi connectivity index (χ2n) is 7.55. The molecule has 0 aliphatic rings. The van der Waals surface area contributed by atoms with Crippen molar-refractivity contribution in [3.63, 3.8) is 0 Å². The third kappa shape index (κ3) is 6.22. The van der Waals surface area contributed by atoms with Crippen LogP contribution >= 0.6 is 11.6 Å². The summed E-state index contributed by atoms with van der Waals surface area (Å²) in [5, 5.41) is 5.36. The van der Waals surface area contributed by atoms with Gasteiger partial charge in [-0.2, -0.15) is 18.3 Å². The SMILES string of the molecule is CCCCCn1cnc2cc(-c3ncc(Cl)cn3)c(F)cc2c1=O.Nc1cn[nH]c(=O)c1C(F)(F)F. The number of aryl methyl sites for hydroxylation is 1. The molecule has 0 aliphatic carbocycles. The Morgan fingerprint density at radius 2 is 1.78 bits per heavy atom. The maximum absolute atomic E-state index is 14.4. The molecule has 0 fully saturated rings. The number of hydrogen-bond donors (Lipinski definition) is 2. The first-order valence-electron chi connectivity index (χ1n) is 10.6. The van der Waals surface area contributed by atoms with Crippen molar-refractivity contribution in [2.24, 2.45) is 0 Å². The minimum atomic E-state index is -4.74. The number of aromatic amines is 1. The van der Waals surface area contributed by atoms with E-state index in [0.29, 0.717) is 17.1 Å². The molecule has 0 amide bonds. The highest BCUT2D eigenvalue weighted by molar-refractivity contribution is 6.30. The largest absolute Gasteiger partial charge is 0.423 e. The quantitative estimate of drug-likeness (QED) is 0.294. The van der Waals surface area contributed by atoms with Crippen LogP contribution in [0.25, 0.3) is 22.3 Å². The fraction of sp³-hybridized carbons (Fsp3) is 0.273. The fourth-order valence-electron chi connectivity index (χ4n) is 3.20. The maximum Gasteiger partial charge on any atom is 0.423 e. The molecule has 3 N–H and O–H groups in total. The number of nitrogens with zero attached hydrogens (tertiary/aromatic N) is 5. The molecule has 0 radical (unpaired) electrons. The highest BCUT2D eigenvalue weighted by atomic mass is 35.5. The van der Waals surface area contributed by atoms with E-state index >= 15 is 0 Å². The number of H-pyrrole nitrogens is 1. The van der Waals surface area contributed by atoms with Gasteiger partial charge < -0.3 is 5.73 Å². The van der Waals surface area contributed by atoms with Gasteiger partial charge in [0.15, 0.2) is 5.82 Å². The number of unbranched alkanes of at least 4 members (excludes halogenated alkanes) is 2. The van der Waals surface area contributed by atoms with Gasteiger partial charge in [-0.25, -0.2) is 24.4 Å². The second kappa shape index (κ2) is 11.2. The molecule has 3 aromatic heterocycles. The van der Waals surface area contributed by atoms with Crippen LogP contribution in [0.2, 0.25) is 5.02 Å². The van der Waals surface area contributed by atoms with Gasteiger partial charge in [-0.15, -0.1) is 0 Å². The Balaban J connectivity index is 0.000000253. The number of benzene rings is 1. The van der Waals surface area contributed by atoms with Crippen molar-refractivity contribution in [3.05, 3.63) is 74.2 Å². The van der Waals surface area contributed by atoms with Crippen LogP contribution in [0, 0.1) is 5.82 Å². The van der Waals surface area contributed by atoms with Crippen LogP contribution in [0.4, 0.5) is 23.2 Å². The number of halogens is 5. The Kier molecular flexibility index (Phi) is 8.35. The van der Waals surface area contributed by atoms with Gasteiger partial charge >= 0.3 is 6.18 Å². The standard InChI is InChI=1S/C17H16ClFN4O.C5H4F3N3O/c1-2-3-4-5-23-10-22-15-7-12(14(19)6-13(15)17(23)24)16-20-8-11(18)9-21-16;6-5(7,8)3-2(9)1-10-11-4(3)12/h6-10H,2-5H2,1H3;1H,(H3,9,11,12). The molecular weight excluding hydrogens is 506 g/mol. The van der Waals surface area contributed by atoms with Crippen molar-refractivity contribution in [1.29, 1.82) is 0 Å². The Morgan fingerprint density at radius 1 is 1.08 bits per heavy atom. The molecule has 14 heteroatoms. The predicted octanol–water partition coefficient (Wildman–Crippen LogP) is 4.21. The zero-order valence-corrected chi connectivity index (χ0v) is 19.6. The maximum atomic E-state index is 14.4. The van der Waals surface area contributed by atoms with Gasteiger partial charge in [0.1, 0.15) is 11.4 Å². The zero-order valence-electron chi connectivity index (χ0n) is 18.8. The number of nitrogen functional groups attached to an aromatic ring is 1. The van der Waals surface area contributed by atoms with Crippen LogP contribution in [0.3, 0.4) is 0 Å². The molecule has 4 rings (SSSR count). The number of aromatic nitrogens is 6. The molecule has 0 saturated carbocycles. The summed E-state index contributed by atoms with van der Waals surface area (Å²) in [6, 6.07) is 2.69. The van der Waals surface area contributed by atoms with Crippen LogP contribution in [0.1, 0.15) is 31.7 Å². The lowest BCUT2D eigenvalue weighted by Gasteiger charge is -2.08. The molecule has 36 heavy (non-hydrogen) atoms. The smallest absolute Gasteiger partial charge is 0.397 e. The molecule has 0 bridgehead atoms. The molecule has 4 aromatic rings. The van der Waals surface area contributed by atoms with Crippen LogP contribution in [0.5, 0.6) is 0 Å². The van der Waals surface area contributed by atoms with Gasteiger partial charge in [0, 0.05) is 18.9 Å². The first-order valence-corrected chi connectivity index (χ1v) is 11.0. The van der Waals surface area contributed by atoms with Gasteiger partial charge in [-0.05, 0) is 18.6 Å². The van der Waals surface area contributed by atoms with E-state index in [0.717, 1.165) is 25.5 Å². The summed E-state index contributed by atoms with van der Waals surface area (Å²) in [7, 11) is 0. The van der Waals surface area contributed by atoms with Gasteiger partial charge in [-0.3, -0.25) is 14.2 Å². The highest BCUT2D eigenvalue weighted by Gasteiger charge is 2.36. The Labute approximate surface area is 206 Å². The van der Waals surface area contributed by atoms with Gasteiger partial charge in [-0.1, -0.05) is 31.4 Å². The number of fused-ring (bicyclic) bond motifs is 1. The number of hydrogen-bond acceptors (Lipinski definition) is 7. The molecule has 0 unspecified atom stereocenters. The van der Waals surface area contributed by atoms with E-state index in [1.54, 1.807) is 5.10 Å². The number of anilines is 1. The summed E-state index contributed by atoms with van der Waals surface area (Å²) in [6.45, 7) is 2.68. The third-order valence-corrected chi connectivity index (χ3v) is 5.14. The molecule has 1 aromatic carbocycles. The number of nitrogens with two attached hydrogens (primary N) is 1. The number of alkyl halides is 3. The zero-order chi connectivity index (χ0) is 26.5. The first kappa shape index (κ1) is 26.7. The minimum absolute atomic E-state index is 0.190. The average Bonchev–Trinajstić information content (AvgIpc) is 2.81. The van der Waals surface area contributed by atoms with Crippen molar-refractivity contribution in [2.75, 3.05) is 5.73 Å². The average molecular weight is 526 g/mol. The number of nitrogens with one attached hydrogen (secondary N) is 1. The van der Waals surface area contributed by atoms with Gasteiger partial charge in [0.25, 0.3) is 11.1 Å². The normalized spacial score (nSPS) is 11.3.